The third kappa shape index (κ3) is 1.77. The summed E-state index contributed by atoms with van der Waals surface area (Å²) >= 11 is 6.23. The molecule has 0 saturated carbocycles. The Kier molecular flexibility index (Phi) is 3.48. The first kappa shape index (κ1) is 11.9. The van der Waals surface area contributed by atoms with Crippen LogP contribution >= 0.6 is 31.9 Å². The van der Waals surface area contributed by atoms with Gasteiger partial charge in [-0.15, -0.1) is 0 Å². The van der Waals surface area contributed by atoms with Crippen LogP contribution in [0, 0.1) is 5.92 Å². The highest BCUT2D eigenvalue weighted by Crippen LogP contribution is 2.34. The lowest BCUT2D eigenvalue weighted by atomic mass is 9.88. The standard InChI is InChI=1S/C10H10Br2O2/c1-4(2)6-5(3)9(13)7(11)8(12)10(6)14/h4H,1-3H3. The van der Waals surface area contributed by atoms with E-state index in [0.29, 0.717) is 20.1 Å². The number of Topliss-reactive ketones (excluding diaryl/α,β-unsaturated/α-hetero) is 2. The number of rotatable bonds is 1. The van der Waals surface area contributed by atoms with E-state index in [1.165, 1.54) is 0 Å². The number of hydrogen-bond acceptors (Lipinski definition) is 2. The van der Waals surface area contributed by atoms with Crippen LogP contribution in [0.5, 0.6) is 0 Å². The van der Waals surface area contributed by atoms with E-state index in [2.05, 4.69) is 31.9 Å². The van der Waals surface area contributed by atoms with Crippen molar-refractivity contribution in [2.45, 2.75) is 20.8 Å². The lowest BCUT2D eigenvalue weighted by molar-refractivity contribution is -0.115. The molecule has 1 rings (SSSR count). The maximum Gasteiger partial charge on any atom is 0.197 e. The van der Waals surface area contributed by atoms with Crippen LogP contribution in [-0.4, -0.2) is 11.6 Å². The number of halogens is 2. The molecular weight excluding hydrogens is 312 g/mol. The Hall–Kier alpha value is -0.220. The molecule has 0 aromatic heterocycles. The van der Waals surface area contributed by atoms with E-state index < -0.39 is 0 Å². The summed E-state index contributed by atoms with van der Waals surface area (Å²) in [4.78, 5) is 23.4. The molecular formula is C10H10Br2O2. The highest BCUT2D eigenvalue weighted by molar-refractivity contribution is 9.14. The third-order valence-corrected chi connectivity index (χ3v) is 4.20. The van der Waals surface area contributed by atoms with E-state index in [0.717, 1.165) is 0 Å². The molecule has 1 aliphatic carbocycles. The van der Waals surface area contributed by atoms with Gasteiger partial charge in [-0.25, -0.2) is 0 Å². The zero-order valence-corrected chi connectivity index (χ0v) is 11.3. The first-order valence-corrected chi connectivity index (χ1v) is 5.82. The predicted molar refractivity (Wildman–Crippen MR) is 62.4 cm³/mol. The number of hydrogen-bond donors (Lipinski definition) is 0. The van der Waals surface area contributed by atoms with E-state index in [1.807, 2.05) is 13.8 Å². The molecule has 0 unspecified atom stereocenters. The second-order valence-electron chi connectivity index (χ2n) is 3.48. The average Bonchev–Trinajstić information content (AvgIpc) is 2.11. The van der Waals surface area contributed by atoms with E-state index in [-0.39, 0.29) is 17.5 Å². The molecule has 0 N–H and O–H groups in total. The minimum Gasteiger partial charge on any atom is -0.288 e. The van der Waals surface area contributed by atoms with Gasteiger partial charge in [-0.2, -0.15) is 0 Å². The molecule has 0 radical (unpaired) electrons. The van der Waals surface area contributed by atoms with Crippen LogP contribution in [0.4, 0.5) is 0 Å². The normalized spacial score (nSPS) is 18.7. The maximum absolute atomic E-state index is 11.8. The van der Waals surface area contributed by atoms with Crippen LogP contribution in [0.1, 0.15) is 20.8 Å². The van der Waals surface area contributed by atoms with Crippen molar-refractivity contribution in [1.82, 2.24) is 0 Å². The predicted octanol–water partition coefficient (Wildman–Crippen LogP) is 3.11. The topological polar surface area (TPSA) is 34.1 Å². The number of carbonyl (C=O) groups excluding carboxylic acids is 2. The van der Waals surface area contributed by atoms with Crippen LogP contribution in [0.15, 0.2) is 20.1 Å². The Morgan fingerprint density at radius 3 is 1.86 bits per heavy atom. The third-order valence-electron chi connectivity index (χ3n) is 2.16. The lowest BCUT2D eigenvalue weighted by Gasteiger charge is -2.18. The van der Waals surface area contributed by atoms with Crippen molar-refractivity contribution in [3.63, 3.8) is 0 Å². The van der Waals surface area contributed by atoms with Gasteiger partial charge in [0.1, 0.15) is 0 Å². The Bertz CT molecular complexity index is 376. The van der Waals surface area contributed by atoms with Gasteiger partial charge in [0.05, 0.1) is 8.96 Å². The molecule has 0 aromatic carbocycles. The molecule has 2 nitrogen and oxygen atoms in total. The average molecular weight is 322 g/mol. The molecule has 0 aliphatic heterocycles. The van der Waals surface area contributed by atoms with Gasteiger partial charge in [0.2, 0.25) is 0 Å². The van der Waals surface area contributed by atoms with Gasteiger partial charge in [0, 0.05) is 11.1 Å². The zero-order valence-electron chi connectivity index (χ0n) is 8.15. The summed E-state index contributed by atoms with van der Waals surface area (Å²) < 4.78 is 0.654. The first-order valence-electron chi connectivity index (χ1n) is 4.23. The monoisotopic (exact) mass is 320 g/mol. The van der Waals surface area contributed by atoms with E-state index in [1.54, 1.807) is 6.92 Å². The van der Waals surface area contributed by atoms with Crippen molar-refractivity contribution in [2.75, 3.05) is 0 Å². The number of carbonyl (C=O) groups is 2. The molecule has 0 amide bonds. The second kappa shape index (κ2) is 4.11. The molecule has 1 aliphatic rings. The summed E-state index contributed by atoms with van der Waals surface area (Å²) in [6.45, 7) is 5.50. The van der Waals surface area contributed by atoms with Gasteiger partial charge in [0.25, 0.3) is 0 Å². The Balaban J connectivity index is 3.34. The molecule has 0 heterocycles. The summed E-state index contributed by atoms with van der Waals surface area (Å²) in [6.07, 6.45) is 0. The smallest absolute Gasteiger partial charge is 0.197 e. The van der Waals surface area contributed by atoms with Crippen LogP contribution in [-0.2, 0) is 9.59 Å². The van der Waals surface area contributed by atoms with E-state index >= 15 is 0 Å². The molecule has 0 fully saturated rings. The molecule has 0 saturated heterocycles. The van der Waals surface area contributed by atoms with E-state index in [4.69, 9.17) is 0 Å². The SMILES string of the molecule is CC1=C(C(C)C)C(=O)C(Br)=C(Br)C1=O. The highest BCUT2D eigenvalue weighted by atomic mass is 79.9. The van der Waals surface area contributed by atoms with Crippen molar-refractivity contribution in [3.05, 3.63) is 20.1 Å². The van der Waals surface area contributed by atoms with Crippen LogP contribution in [0.25, 0.3) is 0 Å². The van der Waals surface area contributed by atoms with Crippen LogP contribution in [0.2, 0.25) is 0 Å². The van der Waals surface area contributed by atoms with Crippen molar-refractivity contribution in [3.8, 4) is 0 Å². The number of allylic oxidation sites excluding steroid dienone is 4. The summed E-state index contributed by atoms with van der Waals surface area (Å²) in [6, 6.07) is 0. The zero-order chi connectivity index (χ0) is 11.0. The molecule has 4 heteroatoms. The Labute approximate surface area is 99.7 Å². The van der Waals surface area contributed by atoms with E-state index in [9.17, 15) is 9.59 Å². The Morgan fingerprint density at radius 2 is 1.43 bits per heavy atom. The molecule has 0 spiro atoms. The summed E-state index contributed by atoms with van der Waals surface area (Å²) in [7, 11) is 0. The van der Waals surface area contributed by atoms with Gasteiger partial charge in [0.15, 0.2) is 11.6 Å². The first-order chi connectivity index (χ1) is 6.37. The summed E-state index contributed by atoms with van der Waals surface area (Å²) in [5.74, 6) is -0.135. The summed E-state index contributed by atoms with van der Waals surface area (Å²) in [5.41, 5.74) is 1.14. The molecule has 0 aromatic rings. The fourth-order valence-electron chi connectivity index (χ4n) is 1.47. The Morgan fingerprint density at radius 1 is 1.00 bits per heavy atom. The molecule has 14 heavy (non-hydrogen) atoms. The van der Waals surface area contributed by atoms with Crippen molar-refractivity contribution in [2.24, 2.45) is 5.92 Å². The largest absolute Gasteiger partial charge is 0.288 e. The highest BCUT2D eigenvalue weighted by Gasteiger charge is 2.31. The quantitative estimate of drug-likeness (QED) is 0.695. The second-order valence-corrected chi connectivity index (χ2v) is 5.07. The minimum absolute atomic E-state index is 0.0691. The minimum atomic E-state index is -0.111. The van der Waals surface area contributed by atoms with Crippen molar-refractivity contribution < 1.29 is 9.59 Å². The number of ketones is 2. The van der Waals surface area contributed by atoms with Gasteiger partial charge >= 0.3 is 0 Å². The van der Waals surface area contributed by atoms with Crippen molar-refractivity contribution in [1.29, 1.82) is 0 Å². The van der Waals surface area contributed by atoms with Crippen molar-refractivity contribution >= 4 is 43.4 Å². The fraction of sp³-hybridized carbons (Fsp3) is 0.400. The van der Waals surface area contributed by atoms with Gasteiger partial charge in [-0.3, -0.25) is 9.59 Å². The summed E-state index contributed by atoms with van der Waals surface area (Å²) in [5, 5.41) is 0. The molecule has 0 bridgehead atoms. The maximum atomic E-state index is 11.8. The fourth-order valence-corrected chi connectivity index (χ4v) is 2.34. The van der Waals surface area contributed by atoms with Gasteiger partial charge in [-0.05, 0) is 44.7 Å². The van der Waals surface area contributed by atoms with Crippen LogP contribution in [0.3, 0.4) is 0 Å². The van der Waals surface area contributed by atoms with Crippen LogP contribution < -0.4 is 0 Å². The molecule has 0 atom stereocenters. The van der Waals surface area contributed by atoms with Gasteiger partial charge < -0.3 is 0 Å². The van der Waals surface area contributed by atoms with Gasteiger partial charge in [-0.1, -0.05) is 13.8 Å². The lowest BCUT2D eigenvalue weighted by Crippen LogP contribution is -2.21. The molecule has 76 valence electrons.